The topological polar surface area (TPSA) is 89.1 Å². The van der Waals surface area contributed by atoms with E-state index in [-0.39, 0.29) is 17.2 Å². The fourth-order valence-electron chi connectivity index (χ4n) is 2.65. The Kier molecular flexibility index (Phi) is 4.55. The van der Waals surface area contributed by atoms with Crippen LogP contribution in [0.1, 0.15) is 21.7 Å². The van der Waals surface area contributed by atoms with Crippen molar-refractivity contribution in [2.45, 2.75) is 0 Å². The zero-order chi connectivity index (χ0) is 19.7. The van der Waals surface area contributed by atoms with E-state index in [0.29, 0.717) is 27.7 Å². The van der Waals surface area contributed by atoms with Crippen molar-refractivity contribution in [1.82, 2.24) is 0 Å². The maximum absolute atomic E-state index is 12.1. The summed E-state index contributed by atoms with van der Waals surface area (Å²) < 4.78 is 10.9. The van der Waals surface area contributed by atoms with Crippen LogP contribution in [0.15, 0.2) is 75.8 Å². The first-order valence-electron chi connectivity index (χ1n) is 8.22. The van der Waals surface area contributed by atoms with E-state index in [2.05, 4.69) is 4.99 Å². The summed E-state index contributed by atoms with van der Waals surface area (Å²) in [5.74, 6) is -0.551. The van der Waals surface area contributed by atoms with Gasteiger partial charge in [-0.05, 0) is 48.5 Å². The van der Waals surface area contributed by atoms with E-state index < -0.39 is 11.9 Å². The van der Waals surface area contributed by atoms with Crippen molar-refractivity contribution in [3.05, 3.63) is 88.3 Å². The van der Waals surface area contributed by atoms with Gasteiger partial charge in [0.2, 0.25) is 5.90 Å². The highest BCUT2D eigenvalue weighted by Crippen LogP contribution is 2.26. The molecule has 138 valence electrons. The van der Waals surface area contributed by atoms with E-state index in [4.69, 9.17) is 25.9 Å². The van der Waals surface area contributed by atoms with Crippen molar-refractivity contribution < 1.29 is 23.8 Å². The third-order valence-electron chi connectivity index (χ3n) is 4.01. The Labute approximate surface area is 164 Å². The first-order chi connectivity index (χ1) is 13.5. The highest BCUT2D eigenvalue weighted by molar-refractivity contribution is 6.30. The molecule has 2 heterocycles. The second-order valence-electron chi connectivity index (χ2n) is 5.93. The minimum absolute atomic E-state index is 0.102. The number of carboxylic acid groups (broad SMARTS) is 1. The average Bonchev–Trinajstić information content (AvgIpc) is 3.30. The van der Waals surface area contributed by atoms with Gasteiger partial charge in [0.25, 0.3) is 0 Å². The number of furan rings is 1. The zero-order valence-corrected chi connectivity index (χ0v) is 15.0. The summed E-state index contributed by atoms with van der Waals surface area (Å²) in [4.78, 5) is 27.4. The molecule has 0 radical (unpaired) electrons. The van der Waals surface area contributed by atoms with Crippen LogP contribution < -0.4 is 0 Å². The predicted molar refractivity (Wildman–Crippen MR) is 103 cm³/mol. The van der Waals surface area contributed by atoms with Gasteiger partial charge in [0, 0.05) is 22.2 Å². The second-order valence-corrected chi connectivity index (χ2v) is 6.37. The number of cyclic esters (lactones) is 1. The summed E-state index contributed by atoms with van der Waals surface area (Å²) in [5.41, 5.74) is 1.51. The van der Waals surface area contributed by atoms with Crippen molar-refractivity contribution in [3.8, 4) is 11.3 Å². The third-order valence-corrected chi connectivity index (χ3v) is 4.26. The molecule has 1 aromatic heterocycles. The predicted octanol–water partition coefficient (Wildman–Crippen LogP) is 4.64. The minimum Gasteiger partial charge on any atom is -0.478 e. The van der Waals surface area contributed by atoms with Gasteiger partial charge >= 0.3 is 11.9 Å². The van der Waals surface area contributed by atoms with Gasteiger partial charge in [0.15, 0.2) is 5.70 Å². The summed E-state index contributed by atoms with van der Waals surface area (Å²) >= 11 is 5.86. The molecule has 3 aromatic rings. The van der Waals surface area contributed by atoms with Gasteiger partial charge in [-0.25, -0.2) is 14.6 Å². The largest absolute Gasteiger partial charge is 0.478 e. The summed E-state index contributed by atoms with van der Waals surface area (Å²) in [6, 6.07) is 16.5. The van der Waals surface area contributed by atoms with Crippen LogP contribution in [-0.4, -0.2) is 22.9 Å². The number of benzene rings is 2. The number of carbonyl (C=O) groups is 2. The van der Waals surface area contributed by atoms with Gasteiger partial charge in [-0.1, -0.05) is 23.7 Å². The maximum Gasteiger partial charge on any atom is 0.363 e. The lowest BCUT2D eigenvalue weighted by molar-refractivity contribution is -0.129. The Morgan fingerprint density at radius 3 is 2.57 bits per heavy atom. The number of carboxylic acids is 1. The maximum atomic E-state index is 12.1. The highest BCUT2D eigenvalue weighted by atomic mass is 35.5. The first-order valence-corrected chi connectivity index (χ1v) is 8.59. The van der Waals surface area contributed by atoms with Crippen molar-refractivity contribution in [2.75, 3.05) is 0 Å². The van der Waals surface area contributed by atoms with Crippen LogP contribution in [0.5, 0.6) is 0 Å². The standard InChI is InChI=1S/C21H12ClNO5/c22-15-6-4-12(5-7-15)19-23-17(21(26)28-19)11-16-8-9-18(27-16)13-2-1-3-14(10-13)20(24)25/h1-11H,(H,24,25)/b17-11+. The molecule has 0 unspecified atom stereocenters. The number of esters is 1. The van der Waals surface area contributed by atoms with E-state index in [0.717, 1.165) is 0 Å². The average molecular weight is 394 g/mol. The van der Waals surface area contributed by atoms with E-state index in [1.165, 1.54) is 18.2 Å². The van der Waals surface area contributed by atoms with Crippen molar-refractivity contribution in [2.24, 2.45) is 4.99 Å². The lowest BCUT2D eigenvalue weighted by Crippen LogP contribution is -2.05. The molecule has 1 aliphatic heterocycles. The molecule has 7 heteroatoms. The number of hydrogen-bond acceptors (Lipinski definition) is 5. The van der Waals surface area contributed by atoms with Crippen molar-refractivity contribution in [1.29, 1.82) is 0 Å². The Bertz CT molecular complexity index is 1140. The van der Waals surface area contributed by atoms with Crippen LogP contribution in [0.4, 0.5) is 0 Å². The molecule has 1 aliphatic rings. The molecule has 0 fully saturated rings. The quantitative estimate of drug-likeness (QED) is 0.515. The van der Waals surface area contributed by atoms with Crippen LogP contribution >= 0.6 is 11.6 Å². The van der Waals surface area contributed by atoms with E-state index >= 15 is 0 Å². The fourth-order valence-corrected chi connectivity index (χ4v) is 2.78. The number of carbonyl (C=O) groups excluding carboxylic acids is 1. The van der Waals surface area contributed by atoms with Gasteiger partial charge in [0.1, 0.15) is 11.5 Å². The van der Waals surface area contributed by atoms with E-state index in [9.17, 15) is 9.59 Å². The number of ether oxygens (including phenoxy) is 1. The molecule has 0 saturated carbocycles. The molecule has 2 aromatic carbocycles. The smallest absolute Gasteiger partial charge is 0.363 e. The molecule has 0 aliphatic carbocycles. The summed E-state index contributed by atoms with van der Waals surface area (Å²) in [5, 5.41) is 9.67. The molecule has 0 amide bonds. The molecule has 4 rings (SSSR count). The summed E-state index contributed by atoms with van der Waals surface area (Å²) in [6.07, 6.45) is 1.47. The van der Waals surface area contributed by atoms with Crippen molar-refractivity contribution in [3.63, 3.8) is 0 Å². The van der Waals surface area contributed by atoms with Gasteiger partial charge < -0.3 is 14.3 Å². The van der Waals surface area contributed by atoms with Crippen LogP contribution in [0, 0.1) is 0 Å². The molecule has 1 N–H and O–H groups in total. The number of halogens is 1. The third kappa shape index (κ3) is 3.58. The van der Waals surface area contributed by atoms with Gasteiger partial charge in [-0.3, -0.25) is 0 Å². The van der Waals surface area contributed by atoms with E-state index in [1.54, 1.807) is 48.5 Å². The Balaban J connectivity index is 1.61. The van der Waals surface area contributed by atoms with Crippen LogP contribution in [0.2, 0.25) is 5.02 Å². The van der Waals surface area contributed by atoms with Gasteiger partial charge in [-0.15, -0.1) is 0 Å². The number of aromatic carboxylic acids is 1. The van der Waals surface area contributed by atoms with Crippen LogP contribution in [0.3, 0.4) is 0 Å². The fraction of sp³-hybridized carbons (Fsp3) is 0. The number of hydrogen-bond donors (Lipinski definition) is 1. The van der Waals surface area contributed by atoms with Gasteiger partial charge in [-0.2, -0.15) is 0 Å². The van der Waals surface area contributed by atoms with Gasteiger partial charge in [0.05, 0.1) is 5.56 Å². The summed E-state index contributed by atoms with van der Waals surface area (Å²) in [7, 11) is 0. The molecular weight excluding hydrogens is 382 g/mol. The summed E-state index contributed by atoms with van der Waals surface area (Å²) in [6.45, 7) is 0. The first kappa shape index (κ1) is 17.8. The molecule has 0 spiro atoms. The molecule has 0 saturated heterocycles. The normalized spacial score (nSPS) is 14.8. The van der Waals surface area contributed by atoms with Crippen molar-refractivity contribution >= 4 is 35.5 Å². The molecule has 28 heavy (non-hydrogen) atoms. The SMILES string of the molecule is O=C1OC(c2ccc(Cl)cc2)=N/C1=C/c1ccc(-c2cccc(C(=O)O)c2)o1. The molecule has 0 bridgehead atoms. The number of nitrogens with zero attached hydrogens (tertiary/aromatic N) is 1. The Hall–Kier alpha value is -3.64. The van der Waals surface area contributed by atoms with E-state index in [1.807, 2.05) is 0 Å². The van der Waals surface area contributed by atoms with Crippen LogP contribution in [-0.2, 0) is 9.53 Å². The molecular formula is C21H12ClNO5. The Morgan fingerprint density at radius 2 is 1.82 bits per heavy atom. The molecule has 0 atom stereocenters. The number of rotatable bonds is 4. The molecule has 6 nitrogen and oxygen atoms in total. The monoisotopic (exact) mass is 393 g/mol. The zero-order valence-electron chi connectivity index (χ0n) is 14.3. The van der Waals surface area contributed by atoms with Crippen LogP contribution in [0.25, 0.3) is 17.4 Å². The second kappa shape index (κ2) is 7.17. The lowest BCUT2D eigenvalue weighted by Gasteiger charge is -1.99. The lowest BCUT2D eigenvalue weighted by atomic mass is 10.1. The minimum atomic E-state index is -1.02. The number of aliphatic imine (C=N–C) groups is 1. The Morgan fingerprint density at radius 1 is 1.04 bits per heavy atom. The highest BCUT2D eigenvalue weighted by Gasteiger charge is 2.24.